The van der Waals surface area contributed by atoms with Gasteiger partial charge in [0.15, 0.2) is 0 Å². The Morgan fingerprint density at radius 2 is 1.90 bits per heavy atom. The molecule has 0 saturated heterocycles. The average Bonchev–Trinajstić information content (AvgIpc) is 2.50. The molecule has 0 heterocycles. The summed E-state index contributed by atoms with van der Waals surface area (Å²) in [6, 6.07) is 9.29. The molecule has 2 rings (SSSR count). The van der Waals surface area contributed by atoms with Gasteiger partial charge in [-0.15, -0.1) is 0 Å². The SMILES string of the molecule is COc1ccccc1CC(NN)c1c(F)ccc(C)c1F. The second-order valence-electron chi connectivity index (χ2n) is 4.83. The van der Waals surface area contributed by atoms with Gasteiger partial charge in [0.2, 0.25) is 0 Å². The van der Waals surface area contributed by atoms with Crippen molar-refractivity contribution in [3.8, 4) is 5.75 Å². The minimum Gasteiger partial charge on any atom is -0.496 e. The van der Waals surface area contributed by atoms with E-state index in [1.54, 1.807) is 20.1 Å². The highest BCUT2D eigenvalue weighted by Gasteiger charge is 2.22. The summed E-state index contributed by atoms with van der Waals surface area (Å²) in [6.07, 6.45) is 0.317. The minimum absolute atomic E-state index is 0.0524. The van der Waals surface area contributed by atoms with Crippen molar-refractivity contribution in [1.29, 1.82) is 0 Å². The summed E-state index contributed by atoms with van der Waals surface area (Å²) in [4.78, 5) is 0. The molecule has 3 nitrogen and oxygen atoms in total. The summed E-state index contributed by atoms with van der Waals surface area (Å²) < 4.78 is 33.5. The van der Waals surface area contributed by atoms with E-state index >= 15 is 0 Å². The number of ether oxygens (including phenoxy) is 1. The lowest BCUT2D eigenvalue weighted by Crippen LogP contribution is -2.31. The predicted molar refractivity (Wildman–Crippen MR) is 77.9 cm³/mol. The fourth-order valence-electron chi connectivity index (χ4n) is 2.33. The predicted octanol–water partition coefficient (Wildman–Crippen LogP) is 3.03. The number of hydrogen-bond donors (Lipinski definition) is 2. The van der Waals surface area contributed by atoms with Gasteiger partial charge in [0, 0.05) is 5.56 Å². The monoisotopic (exact) mass is 292 g/mol. The fraction of sp³-hybridized carbons (Fsp3) is 0.250. The third kappa shape index (κ3) is 3.20. The van der Waals surface area contributed by atoms with Crippen molar-refractivity contribution in [3.63, 3.8) is 0 Å². The summed E-state index contributed by atoms with van der Waals surface area (Å²) in [7, 11) is 1.55. The molecule has 0 saturated carbocycles. The largest absolute Gasteiger partial charge is 0.496 e. The van der Waals surface area contributed by atoms with Gasteiger partial charge in [-0.2, -0.15) is 0 Å². The number of benzene rings is 2. The number of aryl methyl sites for hydroxylation is 1. The summed E-state index contributed by atoms with van der Waals surface area (Å²) in [5.41, 5.74) is 3.64. The highest BCUT2D eigenvalue weighted by molar-refractivity contribution is 5.36. The van der Waals surface area contributed by atoms with E-state index < -0.39 is 17.7 Å². The van der Waals surface area contributed by atoms with Crippen molar-refractivity contribution in [2.45, 2.75) is 19.4 Å². The molecule has 21 heavy (non-hydrogen) atoms. The highest BCUT2D eigenvalue weighted by Crippen LogP contribution is 2.28. The van der Waals surface area contributed by atoms with Crippen LogP contribution in [0.15, 0.2) is 36.4 Å². The Bertz CT molecular complexity index is 632. The molecule has 0 fully saturated rings. The Morgan fingerprint density at radius 3 is 2.57 bits per heavy atom. The molecular weight excluding hydrogens is 274 g/mol. The Labute approximate surface area is 122 Å². The fourth-order valence-corrected chi connectivity index (χ4v) is 2.33. The zero-order valence-corrected chi connectivity index (χ0v) is 12.0. The van der Waals surface area contributed by atoms with Gasteiger partial charge in [0.25, 0.3) is 0 Å². The van der Waals surface area contributed by atoms with Gasteiger partial charge < -0.3 is 4.74 Å². The molecule has 0 aliphatic rings. The van der Waals surface area contributed by atoms with E-state index in [0.29, 0.717) is 17.7 Å². The molecule has 0 spiro atoms. The smallest absolute Gasteiger partial charge is 0.133 e. The first kappa shape index (κ1) is 15.4. The first-order valence-electron chi connectivity index (χ1n) is 6.61. The Balaban J connectivity index is 2.39. The maximum Gasteiger partial charge on any atom is 0.133 e. The molecule has 1 unspecified atom stereocenters. The Hall–Kier alpha value is -1.98. The number of methoxy groups -OCH3 is 1. The van der Waals surface area contributed by atoms with Crippen LogP contribution in [0.5, 0.6) is 5.75 Å². The minimum atomic E-state index is -0.679. The molecule has 0 aliphatic heterocycles. The number of para-hydroxylation sites is 1. The van der Waals surface area contributed by atoms with E-state index in [4.69, 9.17) is 10.6 Å². The number of nitrogens with one attached hydrogen (secondary N) is 1. The number of nitrogens with two attached hydrogens (primary N) is 1. The van der Waals surface area contributed by atoms with Crippen molar-refractivity contribution in [2.24, 2.45) is 5.84 Å². The van der Waals surface area contributed by atoms with E-state index in [9.17, 15) is 8.78 Å². The third-order valence-electron chi connectivity index (χ3n) is 3.49. The Morgan fingerprint density at radius 1 is 1.19 bits per heavy atom. The van der Waals surface area contributed by atoms with Crippen LogP contribution >= 0.6 is 0 Å². The molecule has 1 atom stereocenters. The van der Waals surface area contributed by atoms with Gasteiger partial charge in [-0.1, -0.05) is 24.3 Å². The molecule has 0 radical (unpaired) electrons. The molecule has 0 aromatic heterocycles. The first-order chi connectivity index (χ1) is 10.1. The van der Waals surface area contributed by atoms with Gasteiger partial charge in [-0.05, 0) is 36.6 Å². The van der Waals surface area contributed by atoms with Crippen LogP contribution in [0, 0.1) is 18.6 Å². The number of rotatable bonds is 5. The van der Waals surface area contributed by atoms with Gasteiger partial charge in [-0.25, -0.2) is 8.78 Å². The summed E-state index contributed by atoms with van der Waals surface area (Å²) in [5.74, 6) is 4.98. The number of hydrogen-bond acceptors (Lipinski definition) is 3. The highest BCUT2D eigenvalue weighted by atomic mass is 19.1. The second kappa shape index (κ2) is 6.65. The van der Waals surface area contributed by atoms with Crippen LogP contribution in [-0.4, -0.2) is 7.11 Å². The molecule has 112 valence electrons. The van der Waals surface area contributed by atoms with Gasteiger partial charge in [-0.3, -0.25) is 11.3 Å². The molecule has 5 heteroatoms. The third-order valence-corrected chi connectivity index (χ3v) is 3.49. The maximum absolute atomic E-state index is 14.2. The van der Waals surface area contributed by atoms with Crippen LogP contribution < -0.4 is 16.0 Å². The molecule has 3 N–H and O–H groups in total. The summed E-state index contributed by atoms with van der Waals surface area (Å²) >= 11 is 0. The van der Waals surface area contributed by atoms with Crippen molar-refractivity contribution >= 4 is 0 Å². The molecule has 0 amide bonds. The van der Waals surface area contributed by atoms with E-state index in [0.717, 1.165) is 5.56 Å². The van der Waals surface area contributed by atoms with Gasteiger partial charge >= 0.3 is 0 Å². The summed E-state index contributed by atoms with van der Waals surface area (Å²) in [5, 5.41) is 0. The molecule has 0 bridgehead atoms. The topological polar surface area (TPSA) is 47.3 Å². The zero-order valence-electron chi connectivity index (χ0n) is 12.0. The van der Waals surface area contributed by atoms with Crippen molar-refractivity contribution in [3.05, 3.63) is 64.7 Å². The Kier molecular flexibility index (Phi) is 4.88. The maximum atomic E-state index is 14.2. The average molecular weight is 292 g/mol. The lowest BCUT2D eigenvalue weighted by molar-refractivity contribution is 0.403. The van der Waals surface area contributed by atoms with Crippen LogP contribution in [-0.2, 0) is 6.42 Å². The lowest BCUT2D eigenvalue weighted by Gasteiger charge is -2.20. The number of hydrazine groups is 1. The first-order valence-corrected chi connectivity index (χ1v) is 6.61. The van der Waals surface area contributed by atoms with E-state index in [2.05, 4.69) is 5.43 Å². The van der Waals surface area contributed by atoms with Crippen molar-refractivity contribution in [1.82, 2.24) is 5.43 Å². The van der Waals surface area contributed by atoms with Crippen LogP contribution in [0.2, 0.25) is 0 Å². The molecule has 2 aromatic carbocycles. The van der Waals surface area contributed by atoms with E-state index in [1.165, 1.54) is 12.1 Å². The van der Waals surface area contributed by atoms with Crippen molar-refractivity contribution < 1.29 is 13.5 Å². The second-order valence-corrected chi connectivity index (χ2v) is 4.83. The van der Waals surface area contributed by atoms with Crippen molar-refractivity contribution in [2.75, 3.05) is 7.11 Å². The summed E-state index contributed by atoms with van der Waals surface area (Å²) in [6.45, 7) is 1.59. The van der Waals surface area contributed by atoms with Gasteiger partial charge in [0.05, 0.1) is 13.2 Å². The van der Waals surface area contributed by atoms with Crippen LogP contribution in [0.1, 0.15) is 22.7 Å². The van der Waals surface area contributed by atoms with Crippen LogP contribution in [0.4, 0.5) is 8.78 Å². The normalized spacial score (nSPS) is 12.2. The van der Waals surface area contributed by atoms with E-state index in [-0.39, 0.29) is 5.56 Å². The lowest BCUT2D eigenvalue weighted by atomic mass is 9.96. The molecule has 0 aliphatic carbocycles. The van der Waals surface area contributed by atoms with Gasteiger partial charge in [0.1, 0.15) is 17.4 Å². The number of halogens is 2. The molecule has 2 aromatic rings. The van der Waals surface area contributed by atoms with E-state index in [1.807, 2.05) is 18.2 Å². The molecular formula is C16H18F2N2O. The quantitative estimate of drug-likeness (QED) is 0.658. The van der Waals surface area contributed by atoms with Crippen LogP contribution in [0.25, 0.3) is 0 Å². The standard InChI is InChI=1S/C16H18F2N2O/c1-10-7-8-12(17)15(16(10)18)13(20-19)9-11-5-3-4-6-14(11)21-2/h3-8,13,20H,9,19H2,1-2H3. The zero-order chi connectivity index (χ0) is 15.4. The van der Waals surface area contributed by atoms with Crippen LogP contribution in [0.3, 0.4) is 0 Å².